The minimum absolute atomic E-state index is 0.598. The highest BCUT2D eigenvalue weighted by molar-refractivity contribution is 5.87. The second-order valence-corrected chi connectivity index (χ2v) is 15.8. The maximum atomic E-state index is 13.1. The number of aliphatic hydroxyl groups excluding tert-OH is 8. The largest absolute Gasteiger partial charge is 0.394 e. The molecule has 15 atom stereocenters. The van der Waals surface area contributed by atoms with Crippen LogP contribution in [0.2, 0.25) is 0 Å². The number of nitrogens with one attached hydrogen (secondary N) is 3. The summed E-state index contributed by atoms with van der Waals surface area (Å²) in [6, 6.07) is -2.01. The van der Waals surface area contributed by atoms with Crippen molar-refractivity contribution >= 4 is 11.8 Å². The molecular formula is C38H62N4O16. The average Bonchev–Trinajstić information content (AvgIpc) is 3.46. The van der Waals surface area contributed by atoms with Crippen LogP contribution in [0.15, 0.2) is 34.0 Å². The molecule has 2 amide bonds. The average molecular weight is 831 g/mol. The third kappa shape index (κ3) is 12.7. The molecule has 20 nitrogen and oxygen atoms in total. The van der Waals surface area contributed by atoms with E-state index in [9.17, 15) is 60.0 Å². The van der Waals surface area contributed by atoms with E-state index < -0.39 is 128 Å². The Hall–Kier alpha value is -3.12. The second-order valence-electron chi connectivity index (χ2n) is 15.8. The van der Waals surface area contributed by atoms with Crippen molar-refractivity contribution < 1.29 is 69.4 Å². The Balaban J connectivity index is 1.46. The number of amides is 2. The van der Waals surface area contributed by atoms with Crippen molar-refractivity contribution in [2.45, 2.75) is 177 Å². The Morgan fingerprint density at radius 3 is 2.02 bits per heavy atom. The van der Waals surface area contributed by atoms with Gasteiger partial charge in [0.1, 0.15) is 60.9 Å². The van der Waals surface area contributed by atoms with Crippen LogP contribution in [-0.4, -0.2) is 155 Å². The third-order valence-electron chi connectivity index (χ3n) is 10.7. The highest BCUT2D eigenvalue weighted by atomic mass is 16.8. The Morgan fingerprint density at radius 1 is 0.828 bits per heavy atom. The molecule has 0 radical (unpaired) electrons. The summed E-state index contributed by atoms with van der Waals surface area (Å²) in [5.41, 5.74) is -1.68. The molecule has 0 aliphatic carbocycles. The van der Waals surface area contributed by atoms with Gasteiger partial charge in [0.15, 0.2) is 18.8 Å². The first kappa shape index (κ1) is 47.6. The SMILES string of the molecule is CC(=O)N[C@H]1[C@@H](O[C@@H]2O[C@H](C[C@@H](O)[C@H]3O[C@@H](n4ccc(=O)[nH]c4=O)[C@H](O)[C@@H]3O)[C@H](O)[C@H](O)[C@H]2NC(=O)C=CCCCCCCCCCC(C)C)O[C@H](CO)[C@@H](O)[C@@H]1O. The number of unbranched alkanes of at least 4 members (excludes halogenated alkanes) is 7. The number of hydrogen-bond acceptors (Lipinski definition) is 16. The molecule has 0 saturated carbocycles. The molecule has 0 spiro atoms. The Labute approximate surface area is 335 Å². The number of rotatable bonds is 20. The Morgan fingerprint density at radius 2 is 1.41 bits per heavy atom. The summed E-state index contributed by atoms with van der Waals surface area (Å²) in [4.78, 5) is 51.1. The molecule has 0 bridgehead atoms. The van der Waals surface area contributed by atoms with Crippen LogP contribution in [0.3, 0.4) is 0 Å². The highest BCUT2D eigenvalue weighted by Crippen LogP contribution is 2.34. The predicted molar refractivity (Wildman–Crippen MR) is 202 cm³/mol. The van der Waals surface area contributed by atoms with Gasteiger partial charge >= 0.3 is 5.69 Å². The molecule has 4 rings (SSSR count). The molecule has 20 heteroatoms. The molecule has 1 aromatic heterocycles. The van der Waals surface area contributed by atoms with E-state index in [-0.39, 0.29) is 0 Å². The van der Waals surface area contributed by atoms with Crippen LogP contribution >= 0.6 is 0 Å². The number of ether oxygens (including phenoxy) is 4. The first-order valence-corrected chi connectivity index (χ1v) is 20.1. The normalized spacial score (nSPS) is 34.7. The predicted octanol–water partition coefficient (Wildman–Crippen LogP) is -2.48. The van der Waals surface area contributed by atoms with Crippen molar-refractivity contribution in [2.75, 3.05) is 6.61 Å². The number of allylic oxidation sites excluding steroid dienone is 1. The Kier molecular flexibility index (Phi) is 18.4. The van der Waals surface area contributed by atoms with Gasteiger partial charge in [0.05, 0.1) is 18.8 Å². The number of hydrogen-bond donors (Lipinski definition) is 11. The van der Waals surface area contributed by atoms with E-state index in [4.69, 9.17) is 18.9 Å². The fourth-order valence-corrected chi connectivity index (χ4v) is 7.45. The molecule has 3 aliphatic rings. The molecule has 58 heavy (non-hydrogen) atoms. The van der Waals surface area contributed by atoms with Crippen LogP contribution in [0.25, 0.3) is 0 Å². The van der Waals surface area contributed by atoms with Crippen molar-refractivity contribution in [3.8, 4) is 0 Å². The van der Waals surface area contributed by atoms with Crippen molar-refractivity contribution in [1.29, 1.82) is 0 Å². The summed E-state index contributed by atoms with van der Waals surface area (Å²) in [5.74, 6) is -0.641. The molecule has 3 aliphatic heterocycles. The van der Waals surface area contributed by atoms with Crippen molar-refractivity contribution in [1.82, 2.24) is 20.2 Å². The zero-order valence-electron chi connectivity index (χ0n) is 33.1. The molecule has 330 valence electrons. The molecule has 11 N–H and O–H groups in total. The minimum Gasteiger partial charge on any atom is -0.394 e. The zero-order valence-corrected chi connectivity index (χ0v) is 33.1. The van der Waals surface area contributed by atoms with E-state index in [1.807, 2.05) is 4.98 Å². The zero-order chi connectivity index (χ0) is 42.7. The lowest BCUT2D eigenvalue weighted by molar-refractivity contribution is -0.346. The summed E-state index contributed by atoms with van der Waals surface area (Å²) in [6.45, 7) is 4.78. The summed E-state index contributed by atoms with van der Waals surface area (Å²) in [5, 5.41) is 91.4. The molecule has 3 saturated heterocycles. The van der Waals surface area contributed by atoms with E-state index in [0.717, 1.165) is 49.4 Å². The van der Waals surface area contributed by atoms with Crippen LogP contribution in [0, 0.1) is 5.92 Å². The van der Waals surface area contributed by atoms with E-state index in [0.29, 0.717) is 12.3 Å². The lowest BCUT2D eigenvalue weighted by Crippen LogP contribution is -2.68. The van der Waals surface area contributed by atoms with E-state index in [1.54, 1.807) is 6.08 Å². The number of H-pyrrole nitrogens is 1. The van der Waals surface area contributed by atoms with Gasteiger partial charge < -0.3 is 70.4 Å². The first-order chi connectivity index (χ1) is 27.5. The van der Waals surface area contributed by atoms with Crippen LogP contribution in [0.4, 0.5) is 0 Å². The number of aromatic nitrogens is 2. The number of nitrogens with zero attached hydrogens (tertiary/aromatic N) is 1. The quantitative estimate of drug-likeness (QED) is 0.0479. The first-order valence-electron chi connectivity index (χ1n) is 20.1. The fourth-order valence-electron chi connectivity index (χ4n) is 7.45. The summed E-state index contributed by atoms with van der Waals surface area (Å²) >= 11 is 0. The second kappa shape index (κ2) is 22.5. The van der Waals surface area contributed by atoms with Gasteiger partial charge in [0.25, 0.3) is 5.56 Å². The van der Waals surface area contributed by atoms with Gasteiger partial charge in [-0.05, 0) is 24.8 Å². The van der Waals surface area contributed by atoms with Gasteiger partial charge in [-0.1, -0.05) is 64.9 Å². The monoisotopic (exact) mass is 830 g/mol. The van der Waals surface area contributed by atoms with Gasteiger partial charge in [0.2, 0.25) is 11.8 Å². The molecule has 3 fully saturated rings. The van der Waals surface area contributed by atoms with Gasteiger partial charge in [-0.25, -0.2) is 4.79 Å². The van der Waals surface area contributed by atoms with Crippen LogP contribution in [0.5, 0.6) is 0 Å². The smallest absolute Gasteiger partial charge is 0.330 e. The van der Waals surface area contributed by atoms with E-state index >= 15 is 0 Å². The fraction of sp³-hybridized carbons (Fsp3) is 0.789. The van der Waals surface area contributed by atoms with Gasteiger partial charge in [-0.3, -0.25) is 23.9 Å². The number of aromatic amines is 1. The van der Waals surface area contributed by atoms with Crippen molar-refractivity contribution in [3.05, 3.63) is 45.3 Å². The molecule has 1 aromatic rings. The highest BCUT2D eigenvalue weighted by Gasteiger charge is 2.53. The van der Waals surface area contributed by atoms with Crippen molar-refractivity contribution in [3.63, 3.8) is 0 Å². The maximum Gasteiger partial charge on any atom is 0.330 e. The van der Waals surface area contributed by atoms with Gasteiger partial charge in [0, 0.05) is 25.6 Å². The lowest BCUT2D eigenvalue weighted by atomic mass is 9.91. The molecule has 0 unspecified atom stereocenters. The van der Waals surface area contributed by atoms with Crippen LogP contribution in [0.1, 0.15) is 91.2 Å². The third-order valence-corrected chi connectivity index (χ3v) is 10.7. The van der Waals surface area contributed by atoms with Gasteiger partial charge in [-0.2, -0.15) is 0 Å². The minimum atomic E-state index is -1.85. The molecule has 0 aromatic carbocycles. The number of aliphatic hydroxyl groups is 8. The maximum absolute atomic E-state index is 13.1. The summed E-state index contributed by atoms with van der Waals surface area (Å²) in [7, 11) is 0. The number of carbonyl (C=O) groups excluding carboxylic acids is 2. The Bertz CT molecular complexity index is 1590. The summed E-state index contributed by atoms with van der Waals surface area (Å²) < 4.78 is 24.1. The topological polar surface area (TPSA) is 312 Å². The van der Waals surface area contributed by atoms with Gasteiger partial charge in [-0.15, -0.1) is 0 Å². The van der Waals surface area contributed by atoms with Crippen LogP contribution < -0.4 is 21.9 Å². The number of carbonyl (C=O) groups is 2. The lowest BCUT2D eigenvalue weighted by Gasteiger charge is -2.47. The van der Waals surface area contributed by atoms with Crippen LogP contribution in [-0.2, 0) is 28.5 Å². The molecule has 4 heterocycles. The summed E-state index contributed by atoms with van der Waals surface area (Å²) in [6.07, 6.45) is -8.97. The van der Waals surface area contributed by atoms with E-state index in [1.165, 1.54) is 31.8 Å². The molecular weight excluding hydrogens is 768 g/mol. The standard InChI is InChI=1S/C38H62N4O16/c1-19(2)13-11-9-7-5-4-6-8-10-12-14-24(46)40-27-31(51)28(48)22(55-37(27)58-36-26(39-20(3)44)30(50)29(49)23(18-43)56-36)17-21(45)34-32(52)33(53)35(57-34)42-16-15-25(47)41-38(42)54/h12,14-16,19,21-23,26-37,43,45,48-53H,4-11,13,17-18H2,1-3H3,(H,39,44)(H,40,46)(H,41,47,54)/t21-,22-,23-,26-,27-,28+,29-,30-,31-,32+,33-,34-,35-,36-,37+/m1/s1. The van der Waals surface area contributed by atoms with E-state index in [2.05, 4.69) is 24.5 Å². The van der Waals surface area contributed by atoms with Crippen molar-refractivity contribution in [2.24, 2.45) is 5.92 Å².